The average Bonchev–Trinajstić information content (AvgIpc) is 3.00. The number of hydrogen-bond acceptors (Lipinski definition) is 9. The van der Waals surface area contributed by atoms with Crippen LogP contribution >= 0.6 is 0 Å². The quantitative estimate of drug-likeness (QED) is 0.0675. The molecule has 1 rings (SSSR count). The first-order chi connectivity index (χ1) is 20.8. The van der Waals surface area contributed by atoms with Gasteiger partial charge in [0.1, 0.15) is 30.5 Å². The van der Waals surface area contributed by atoms with Gasteiger partial charge in [-0.15, -0.1) is 0 Å². The van der Waals surface area contributed by atoms with E-state index in [1.54, 1.807) is 0 Å². The van der Waals surface area contributed by atoms with Crippen molar-refractivity contribution in [1.29, 1.82) is 0 Å². The number of aliphatic hydroxyl groups excluding tert-OH is 6. The zero-order valence-corrected chi connectivity index (χ0v) is 27.1. The van der Waals surface area contributed by atoms with Crippen LogP contribution in [0.15, 0.2) is 0 Å². The molecule has 7 N–H and O–H groups in total. The molecule has 0 aliphatic carbocycles. The summed E-state index contributed by atoms with van der Waals surface area (Å²) < 4.78 is 11.0. The first-order valence-electron chi connectivity index (χ1n) is 17.3. The smallest absolute Gasteiger partial charge is 0.220 e. The number of aliphatic hydroxyl groups is 6. The number of carbonyl (C=O) groups is 1. The second kappa shape index (κ2) is 25.4. The van der Waals surface area contributed by atoms with Gasteiger partial charge >= 0.3 is 0 Å². The standard InChI is InChI=1S/C33H65NO9/c1-3-5-7-9-11-13-15-17-19-21-26(36)29(38)25(24-42-33-32(41)31(40)30(39)27(23-35)43-33)34-28(37)22-20-18-16-14-12-10-8-6-4-2/h25-27,29-33,35-36,38-41H,3-24H2,1-2H3,(H,34,37)/t25-,26+,27+,29-,30+,31?,32?,33+/m0/s1. The van der Waals surface area contributed by atoms with Gasteiger partial charge < -0.3 is 45.4 Å². The lowest BCUT2D eigenvalue weighted by Gasteiger charge is -2.40. The SMILES string of the molecule is CCCCCCCCCCCC(=O)N[C@@H](CO[C@@H]1O[C@H](CO)[C@@H](O)C(O)C1O)[C@H](O)[C@H](O)CCCCCCCCCCC. The van der Waals surface area contributed by atoms with Crippen molar-refractivity contribution in [2.24, 2.45) is 0 Å². The fourth-order valence-electron chi connectivity index (χ4n) is 5.61. The van der Waals surface area contributed by atoms with Gasteiger partial charge in [0.25, 0.3) is 0 Å². The van der Waals surface area contributed by atoms with Gasteiger partial charge in [0.2, 0.25) is 5.91 Å². The third kappa shape index (κ3) is 17.4. The van der Waals surface area contributed by atoms with Crippen LogP contribution in [-0.2, 0) is 14.3 Å². The van der Waals surface area contributed by atoms with E-state index >= 15 is 0 Å². The monoisotopic (exact) mass is 619 g/mol. The molecule has 1 saturated heterocycles. The van der Waals surface area contributed by atoms with E-state index in [-0.39, 0.29) is 18.9 Å². The normalized spacial score (nSPS) is 24.5. The molecule has 0 aromatic carbocycles. The topological polar surface area (TPSA) is 169 Å². The molecule has 1 amide bonds. The first kappa shape index (κ1) is 40.2. The van der Waals surface area contributed by atoms with Crippen LogP contribution in [-0.4, -0.2) is 98.7 Å². The molecule has 0 radical (unpaired) electrons. The molecule has 8 atom stereocenters. The summed E-state index contributed by atoms with van der Waals surface area (Å²) in [7, 11) is 0. The van der Waals surface area contributed by atoms with Crippen LogP contribution in [0.5, 0.6) is 0 Å². The molecular formula is C33H65NO9. The van der Waals surface area contributed by atoms with Crippen LogP contribution in [0.3, 0.4) is 0 Å². The minimum Gasteiger partial charge on any atom is -0.394 e. The van der Waals surface area contributed by atoms with E-state index in [4.69, 9.17) is 9.47 Å². The number of carbonyl (C=O) groups excluding carboxylic acids is 1. The van der Waals surface area contributed by atoms with Gasteiger partial charge in [-0.05, 0) is 12.8 Å². The van der Waals surface area contributed by atoms with E-state index in [1.807, 2.05) is 0 Å². The Hall–Kier alpha value is -0.850. The minimum absolute atomic E-state index is 0.264. The highest BCUT2D eigenvalue weighted by Crippen LogP contribution is 2.23. The summed E-state index contributed by atoms with van der Waals surface area (Å²) in [5.41, 5.74) is 0. The summed E-state index contributed by atoms with van der Waals surface area (Å²) in [6.45, 7) is 3.51. The number of ether oxygens (including phenoxy) is 2. The summed E-state index contributed by atoms with van der Waals surface area (Å²) in [6.07, 6.45) is 11.4. The van der Waals surface area contributed by atoms with Crippen molar-refractivity contribution in [1.82, 2.24) is 5.32 Å². The largest absolute Gasteiger partial charge is 0.394 e. The number of nitrogens with one attached hydrogen (secondary N) is 1. The number of unbranched alkanes of at least 4 members (excludes halogenated alkanes) is 16. The maximum atomic E-state index is 12.8. The van der Waals surface area contributed by atoms with Crippen LogP contribution < -0.4 is 5.32 Å². The van der Waals surface area contributed by atoms with Gasteiger partial charge in [-0.2, -0.15) is 0 Å². The second-order valence-electron chi connectivity index (χ2n) is 12.5. The Morgan fingerprint density at radius 3 is 1.72 bits per heavy atom. The van der Waals surface area contributed by atoms with Crippen molar-refractivity contribution < 1.29 is 44.9 Å². The fraction of sp³-hybridized carbons (Fsp3) is 0.970. The van der Waals surface area contributed by atoms with Gasteiger partial charge in [-0.3, -0.25) is 4.79 Å². The predicted octanol–water partition coefficient (Wildman–Crippen LogP) is 3.85. The van der Waals surface area contributed by atoms with E-state index in [1.165, 1.54) is 64.2 Å². The molecule has 0 saturated carbocycles. The molecule has 0 aromatic heterocycles. The Balaban J connectivity index is 2.57. The molecule has 1 aliphatic heterocycles. The zero-order valence-electron chi connectivity index (χ0n) is 27.1. The van der Waals surface area contributed by atoms with Crippen LogP contribution in [0.25, 0.3) is 0 Å². The molecule has 10 heteroatoms. The van der Waals surface area contributed by atoms with Crippen molar-refractivity contribution in [3.8, 4) is 0 Å². The third-order valence-electron chi connectivity index (χ3n) is 8.55. The maximum Gasteiger partial charge on any atom is 0.220 e. The van der Waals surface area contributed by atoms with Crippen LogP contribution in [0.1, 0.15) is 142 Å². The number of amides is 1. The third-order valence-corrected chi connectivity index (χ3v) is 8.55. The van der Waals surface area contributed by atoms with E-state index in [0.717, 1.165) is 51.4 Å². The molecule has 0 aromatic rings. The Morgan fingerprint density at radius 1 is 0.721 bits per heavy atom. The first-order valence-corrected chi connectivity index (χ1v) is 17.3. The molecule has 256 valence electrons. The summed E-state index contributed by atoms with van der Waals surface area (Å²) in [5, 5.41) is 64.4. The highest BCUT2D eigenvalue weighted by molar-refractivity contribution is 5.76. The minimum atomic E-state index is -1.60. The van der Waals surface area contributed by atoms with Gasteiger partial charge in [-0.25, -0.2) is 0 Å². The number of hydrogen-bond donors (Lipinski definition) is 7. The van der Waals surface area contributed by atoms with E-state index in [9.17, 15) is 35.4 Å². The van der Waals surface area contributed by atoms with E-state index in [0.29, 0.717) is 6.42 Å². The van der Waals surface area contributed by atoms with Crippen LogP contribution in [0, 0.1) is 0 Å². The van der Waals surface area contributed by atoms with Gasteiger partial charge in [0, 0.05) is 6.42 Å². The van der Waals surface area contributed by atoms with Crippen molar-refractivity contribution in [2.45, 2.75) is 191 Å². The van der Waals surface area contributed by atoms with Crippen molar-refractivity contribution in [2.75, 3.05) is 13.2 Å². The molecule has 0 spiro atoms. The zero-order chi connectivity index (χ0) is 31.9. The summed E-state index contributed by atoms with van der Waals surface area (Å²) in [4.78, 5) is 12.8. The Kier molecular flexibility index (Phi) is 23.7. The van der Waals surface area contributed by atoms with Crippen molar-refractivity contribution in [3.05, 3.63) is 0 Å². The molecule has 1 fully saturated rings. The molecule has 0 bridgehead atoms. The number of rotatable bonds is 27. The molecule has 10 nitrogen and oxygen atoms in total. The lowest BCUT2D eigenvalue weighted by atomic mass is 9.98. The second-order valence-corrected chi connectivity index (χ2v) is 12.5. The Bertz CT molecular complexity index is 668. The van der Waals surface area contributed by atoms with Gasteiger partial charge in [-0.1, -0.05) is 123 Å². The summed E-state index contributed by atoms with van der Waals surface area (Å²) >= 11 is 0. The van der Waals surface area contributed by atoms with Crippen molar-refractivity contribution >= 4 is 5.91 Å². The predicted molar refractivity (Wildman–Crippen MR) is 167 cm³/mol. The van der Waals surface area contributed by atoms with Crippen molar-refractivity contribution in [3.63, 3.8) is 0 Å². The molecule has 2 unspecified atom stereocenters. The van der Waals surface area contributed by atoms with Gasteiger partial charge in [0.15, 0.2) is 6.29 Å². The highest BCUT2D eigenvalue weighted by atomic mass is 16.7. The molecule has 1 heterocycles. The van der Waals surface area contributed by atoms with E-state index < -0.39 is 55.6 Å². The highest BCUT2D eigenvalue weighted by Gasteiger charge is 2.44. The van der Waals surface area contributed by atoms with E-state index in [2.05, 4.69) is 19.2 Å². The van der Waals surface area contributed by atoms with Crippen LogP contribution in [0.2, 0.25) is 0 Å². The van der Waals surface area contributed by atoms with Gasteiger partial charge in [0.05, 0.1) is 25.4 Å². The summed E-state index contributed by atoms with van der Waals surface area (Å²) in [5.74, 6) is -0.264. The lowest BCUT2D eigenvalue weighted by molar-refractivity contribution is -0.303. The average molecular weight is 620 g/mol. The molecule has 1 aliphatic rings. The molecule has 43 heavy (non-hydrogen) atoms. The molecular weight excluding hydrogens is 554 g/mol. The summed E-state index contributed by atoms with van der Waals surface area (Å²) in [6, 6.07) is -0.980. The van der Waals surface area contributed by atoms with Crippen LogP contribution in [0.4, 0.5) is 0 Å². The lowest BCUT2D eigenvalue weighted by Crippen LogP contribution is -2.60. The fourth-order valence-corrected chi connectivity index (χ4v) is 5.61. The maximum absolute atomic E-state index is 12.8. The Labute approximate surface area is 260 Å². The Morgan fingerprint density at radius 2 is 1.21 bits per heavy atom.